The maximum atomic E-state index is 11.1. The average molecular weight is 216 g/mol. The van der Waals surface area contributed by atoms with Crippen LogP contribution in [0.1, 0.15) is 13.8 Å². The molecule has 0 rings (SSSR count). The summed E-state index contributed by atoms with van der Waals surface area (Å²) >= 11 is 0. The Hall–Kier alpha value is -1.63. The van der Waals surface area contributed by atoms with Crippen LogP contribution in [0.3, 0.4) is 0 Å². The predicted octanol–water partition coefficient (Wildman–Crippen LogP) is -1.70. The van der Waals surface area contributed by atoms with Gasteiger partial charge in [-0.05, 0) is 13.8 Å². The number of carbonyl (C=O) groups is 3. The largest absolute Gasteiger partial charge is 0.355 e. The minimum atomic E-state index is -0.911. The number of amides is 4. The second-order valence-corrected chi connectivity index (χ2v) is 2.91. The van der Waals surface area contributed by atoms with Gasteiger partial charge in [-0.3, -0.25) is 20.2 Å². The molecule has 0 heterocycles. The Bertz CT molecular complexity index is 254. The molecule has 0 radical (unpaired) electrons. The Morgan fingerprint density at radius 3 is 2.40 bits per heavy atom. The average Bonchev–Trinajstić information content (AvgIpc) is 2.13. The Morgan fingerprint density at radius 2 is 1.93 bits per heavy atom. The van der Waals surface area contributed by atoms with E-state index in [2.05, 4.69) is 10.6 Å². The molecule has 0 saturated heterocycles. The summed E-state index contributed by atoms with van der Waals surface area (Å²) in [5, 5.41) is 7.10. The molecule has 7 nitrogen and oxygen atoms in total. The van der Waals surface area contributed by atoms with E-state index in [9.17, 15) is 14.4 Å². The first-order valence-corrected chi connectivity index (χ1v) is 4.57. The van der Waals surface area contributed by atoms with Gasteiger partial charge in [0.05, 0.1) is 12.6 Å². The topological polar surface area (TPSA) is 113 Å². The normalized spacial score (nSPS) is 11.6. The number of hydrogen-bond acceptors (Lipinski definition) is 4. The summed E-state index contributed by atoms with van der Waals surface area (Å²) in [5.41, 5.74) is 4.76. The van der Waals surface area contributed by atoms with Crippen molar-refractivity contribution in [1.82, 2.24) is 16.0 Å². The second-order valence-electron chi connectivity index (χ2n) is 2.91. The van der Waals surface area contributed by atoms with E-state index >= 15 is 0 Å². The molecule has 0 aromatic carbocycles. The zero-order valence-electron chi connectivity index (χ0n) is 8.79. The molecule has 0 aliphatic heterocycles. The molecule has 4 amide bonds. The van der Waals surface area contributed by atoms with Crippen molar-refractivity contribution in [1.29, 1.82) is 0 Å². The number of likely N-dealkylation sites (N-methyl/N-ethyl adjacent to an activating group) is 1. The van der Waals surface area contributed by atoms with E-state index < -0.39 is 18.0 Å². The number of rotatable bonds is 5. The summed E-state index contributed by atoms with van der Waals surface area (Å²) in [6.07, 6.45) is 0. The molecule has 0 aliphatic rings. The standard InChI is InChI=1S/C8H16N4O3/c1-3-10-6(13)4-11-5(2)7(14)12-8(9)15/h5,11H,3-4H2,1-2H3,(H,10,13)(H3,9,12,14,15). The molecule has 86 valence electrons. The van der Waals surface area contributed by atoms with Crippen LogP contribution in [0, 0.1) is 0 Å². The molecule has 0 fully saturated rings. The zero-order valence-corrected chi connectivity index (χ0v) is 8.79. The van der Waals surface area contributed by atoms with E-state index in [0.717, 1.165) is 0 Å². The number of carbonyl (C=O) groups excluding carboxylic acids is 3. The van der Waals surface area contributed by atoms with Gasteiger partial charge in [-0.2, -0.15) is 0 Å². The Balaban J connectivity index is 3.82. The predicted molar refractivity (Wildman–Crippen MR) is 53.9 cm³/mol. The molecule has 1 unspecified atom stereocenters. The lowest BCUT2D eigenvalue weighted by Crippen LogP contribution is -2.48. The first-order valence-electron chi connectivity index (χ1n) is 4.57. The third-order valence-corrected chi connectivity index (χ3v) is 1.58. The summed E-state index contributed by atoms with van der Waals surface area (Å²) < 4.78 is 0. The van der Waals surface area contributed by atoms with Crippen LogP contribution in [0.5, 0.6) is 0 Å². The molecule has 0 aromatic heterocycles. The highest BCUT2D eigenvalue weighted by Gasteiger charge is 2.14. The van der Waals surface area contributed by atoms with Gasteiger partial charge < -0.3 is 11.1 Å². The monoisotopic (exact) mass is 216 g/mol. The Kier molecular flexibility index (Phi) is 6.03. The highest BCUT2D eigenvalue weighted by atomic mass is 16.2. The Morgan fingerprint density at radius 1 is 1.33 bits per heavy atom. The van der Waals surface area contributed by atoms with Gasteiger partial charge in [-0.15, -0.1) is 0 Å². The first-order chi connectivity index (χ1) is 6.97. The molecule has 1 atom stereocenters. The molecular formula is C8H16N4O3. The summed E-state index contributed by atoms with van der Waals surface area (Å²) in [6.45, 7) is 3.86. The van der Waals surface area contributed by atoms with Crippen molar-refractivity contribution in [2.45, 2.75) is 19.9 Å². The third-order valence-electron chi connectivity index (χ3n) is 1.58. The minimum absolute atomic E-state index is 0.0151. The van der Waals surface area contributed by atoms with Crippen molar-refractivity contribution in [3.05, 3.63) is 0 Å². The van der Waals surface area contributed by atoms with Crippen LogP contribution in [0.4, 0.5) is 4.79 Å². The summed E-state index contributed by atoms with van der Waals surface area (Å²) in [6, 6.07) is -1.56. The fourth-order valence-electron chi connectivity index (χ4n) is 0.828. The highest BCUT2D eigenvalue weighted by Crippen LogP contribution is 1.80. The molecule has 0 aliphatic carbocycles. The van der Waals surface area contributed by atoms with Gasteiger partial charge in [0.25, 0.3) is 0 Å². The van der Waals surface area contributed by atoms with Crippen molar-refractivity contribution < 1.29 is 14.4 Å². The van der Waals surface area contributed by atoms with Gasteiger partial charge in [0.15, 0.2) is 0 Å². The van der Waals surface area contributed by atoms with Crippen LogP contribution in [0.25, 0.3) is 0 Å². The lowest BCUT2D eigenvalue weighted by Gasteiger charge is -2.11. The zero-order chi connectivity index (χ0) is 11.8. The molecular weight excluding hydrogens is 200 g/mol. The van der Waals surface area contributed by atoms with Crippen LogP contribution < -0.4 is 21.7 Å². The number of imide groups is 1. The van der Waals surface area contributed by atoms with Crippen molar-refractivity contribution >= 4 is 17.8 Å². The van der Waals surface area contributed by atoms with Crippen LogP contribution in [-0.4, -0.2) is 37.0 Å². The van der Waals surface area contributed by atoms with E-state index in [1.807, 2.05) is 5.32 Å². The maximum absolute atomic E-state index is 11.1. The molecule has 15 heavy (non-hydrogen) atoms. The van der Waals surface area contributed by atoms with E-state index in [-0.39, 0.29) is 12.5 Å². The number of primary amides is 1. The minimum Gasteiger partial charge on any atom is -0.355 e. The van der Waals surface area contributed by atoms with Crippen molar-refractivity contribution in [2.75, 3.05) is 13.1 Å². The number of hydrogen-bond donors (Lipinski definition) is 4. The lowest BCUT2D eigenvalue weighted by molar-refractivity contribution is -0.122. The molecule has 0 spiro atoms. The Labute approximate surface area is 87.8 Å². The number of nitrogens with two attached hydrogens (primary N) is 1. The van der Waals surface area contributed by atoms with E-state index in [0.29, 0.717) is 6.54 Å². The molecule has 0 bridgehead atoms. The second kappa shape index (κ2) is 6.77. The van der Waals surface area contributed by atoms with Crippen LogP contribution in [-0.2, 0) is 9.59 Å². The number of urea groups is 1. The van der Waals surface area contributed by atoms with E-state index in [4.69, 9.17) is 5.73 Å². The van der Waals surface area contributed by atoms with Gasteiger partial charge >= 0.3 is 6.03 Å². The van der Waals surface area contributed by atoms with Gasteiger partial charge in [0.2, 0.25) is 11.8 Å². The fourth-order valence-corrected chi connectivity index (χ4v) is 0.828. The summed E-state index contributed by atoms with van der Waals surface area (Å²) in [4.78, 5) is 32.5. The maximum Gasteiger partial charge on any atom is 0.318 e. The third kappa shape index (κ3) is 6.44. The van der Waals surface area contributed by atoms with Gasteiger partial charge in [-0.1, -0.05) is 0 Å². The molecule has 5 N–H and O–H groups in total. The first kappa shape index (κ1) is 13.4. The van der Waals surface area contributed by atoms with Gasteiger partial charge in [-0.25, -0.2) is 4.79 Å². The van der Waals surface area contributed by atoms with Gasteiger partial charge in [0.1, 0.15) is 0 Å². The van der Waals surface area contributed by atoms with Crippen LogP contribution in [0.2, 0.25) is 0 Å². The lowest BCUT2D eigenvalue weighted by atomic mass is 10.3. The van der Waals surface area contributed by atoms with Crippen molar-refractivity contribution in [2.24, 2.45) is 5.73 Å². The highest BCUT2D eigenvalue weighted by molar-refractivity contribution is 5.96. The van der Waals surface area contributed by atoms with Crippen molar-refractivity contribution in [3.8, 4) is 0 Å². The van der Waals surface area contributed by atoms with Gasteiger partial charge in [0, 0.05) is 6.54 Å². The smallest absolute Gasteiger partial charge is 0.318 e. The van der Waals surface area contributed by atoms with Crippen molar-refractivity contribution in [3.63, 3.8) is 0 Å². The fraction of sp³-hybridized carbons (Fsp3) is 0.625. The summed E-state index contributed by atoms with van der Waals surface area (Å²) in [7, 11) is 0. The van der Waals surface area contributed by atoms with E-state index in [1.54, 1.807) is 6.92 Å². The number of nitrogens with one attached hydrogen (secondary N) is 3. The van der Waals surface area contributed by atoms with E-state index in [1.165, 1.54) is 6.92 Å². The molecule has 7 heteroatoms. The quantitative estimate of drug-likeness (QED) is 0.438. The van der Waals surface area contributed by atoms with Crippen LogP contribution in [0.15, 0.2) is 0 Å². The van der Waals surface area contributed by atoms with Crippen LogP contribution >= 0.6 is 0 Å². The molecule has 0 saturated carbocycles. The summed E-state index contributed by atoms with van der Waals surface area (Å²) in [5.74, 6) is -0.775. The SMILES string of the molecule is CCNC(=O)CNC(C)C(=O)NC(N)=O. The molecule has 0 aromatic rings.